The molecule has 0 bridgehead atoms. The zero-order valence-corrected chi connectivity index (χ0v) is 12.4. The Morgan fingerprint density at radius 1 is 1.26 bits per heavy atom. The van der Waals surface area contributed by atoms with E-state index in [9.17, 15) is 9.59 Å². The van der Waals surface area contributed by atoms with Crippen LogP contribution in [0.3, 0.4) is 0 Å². The number of hydrogen-bond acceptors (Lipinski definition) is 4. The summed E-state index contributed by atoms with van der Waals surface area (Å²) in [7, 11) is 2.88. The number of esters is 1. The first kappa shape index (κ1) is 16.0. The van der Waals surface area contributed by atoms with Gasteiger partial charge in [-0.3, -0.25) is 9.59 Å². The van der Waals surface area contributed by atoms with Gasteiger partial charge in [-0.05, 0) is 26.2 Å². The lowest BCUT2D eigenvalue weighted by Crippen LogP contribution is -2.53. The summed E-state index contributed by atoms with van der Waals surface area (Å²) in [5, 5.41) is 0. The Hall–Kier alpha value is -1.10. The van der Waals surface area contributed by atoms with Crippen molar-refractivity contribution in [3.63, 3.8) is 0 Å². The first-order chi connectivity index (χ1) is 8.98. The van der Waals surface area contributed by atoms with Crippen molar-refractivity contribution in [3.05, 3.63) is 0 Å². The van der Waals surface area contributed by atoms with E-state index in [1.54, 1.807) is 11.8 Å². The van der Waals surface area contributed by atoms with Gasteiger partial charge in [0.25, 0.3) is 5.91 Å². The quantitative estimate of drug-likeness (QED) is 0.691. The summed E-state index contributed by atoms with van der Waals surface area (Å²) in [5.41, 5.74) is -0.864. The van der Waals surface area contributed by atoms with E-state index < -0.39 is 5.60 Å². The molecule has 5 nitrogen and oxygen atoms in total. The van der Waals surface area contributed by atoms with Gasteiger partial charge >= 0.3 is 5.97 Å². The molecule has 0 aromatic carbocycles. The van der Waals surface area contributed by atoms with Crippen molar-refractivity contribution in [1.82, 2.24) is 4.90 Å². The van der Waals surface area contributed by atoms with Gasteiger partial charge in [-0.15, -0.1) is 0 Å². The van der Waals surface area contributed by atoms with Crippen molar-refractivity contribution in [2.75, 3.05) is 20.8 Å². The fourth-order valence-electron chi connectivity index (χ4n) is 2.47. The van der Waals surface area contributed by atoms with E-state index in [1.165, 1.54) is 14.2 Å². The SMILES string of the molecule is CCC(C)(OC)C(=O)N(CC(=O)OC)C1CCCC1. The van der Waals surface area contributed by atoms with Gasteiger partial charge in [-0.2, -0.15) is 0 Å². The molecule has 1 unspecified atom stereocenters. The third-order valence-corrected chi connectivity index (χ3v) is 4.13. The summed E-state index contributed by atoms with van der Waals surface area (Å²) >= 11 is 0. The average Bonchev–Trinajstić information content (AvgIpc) is 2.96. The van der Waals surface area contributed by atoms with Crippen LogP contribution in [0, 0.1) is 0 Å². The summed E-state index contributed by atoms with van der Waals surface area (Å²) < 4.78 is 10.1. The van der Waals surface area contributed by atoms with Crippen LogP contribution in [0.1, 0.15) is 46.0 Å². The molecular formula is C14H25NO4. The minimum Gasteiger partial charge on any atom is -0.468 e. The molecule has 1 saturated carbocycles. The molecule has 1 aliphatic rings. The van der Waals surface area contributed by atoms with Crippen molar-refractivity contribution in [1.29, 1.82) is 0 Å². The summed E-state index contributed by atoms with van der Waals surface area (Å²) in [6.45, 7) is 3.69. The monoisotopic (exact) mass is 271 g/mol. The third kappa shape index (κ3) is 3.69. The lowest BCUT2D eigenvalue weighted by atomic mass is 9.99. The standard InChI is InChI=1S/C14H25NO4/c1-5-14(2,19-4)13(17)15(10-12(16)18-3)11-8-6-7-9-11/h11H,5-10H2,1-4H3. The van der Waals surface area contributed by atoms with Crippen LogP contribution in [0.25, 0.3) is 0 Å². The Bertz CT molecular complexity index is 319. The van der Waals surface area contributed by atoms with Crippen molar-refractivity contribution in [2.45, 2.75) is 57.6 Å². The number of hydrogen-bond donors (Lipinski definition) is 0. The molecule has 1 aliphatic carbocycles. The maximum absolute atomic E-state index is 12.7. The maximum atomic E-state index is 12.7. The molecule has 0 aromatic rings. The van der Waals surface area contributed by atoms with Crippen LogP contribution >= 0.6 is 0 Å². The van der Waals surface area contributed by atoms with Gasteiger partial charge in [0.1, 0.15) is 12.1 Å². The molecular weight excluding hydrogens is 246 g/mol. The molecule has 1 rings (SSSR count). The Balaban J connectivity index is 2.88. The fourth-order valence-corrected chi connectivity index (χ4v) is 2.47. The van der Waals surface area contributed by atoms with Crippen LogP contribution in [0.4, 0.5) is 0 Å². The Morgan fingerprint density at radius 3 is 2.26 bits per heavy atom. The Labute approximate surface area is 115 Å². The summed E-state index contributed by atoms with van der Waals surface area (Å²) in [6, 6.07) is 0.132. The molecule has 0 saturated heterocycles. The Kier molecular flexibility index (Phi) is 5.79. The second-order valence-electron chi connectivity index (χ2n) is 5.24. The second kappa shape index (κ2) is 6.89. The van der Waals surface area contributed by atoms with E-state index in [1.807, 2.05) is 6.92 Å². The highest BCUT2D eigenvalue weighted by Gasteiger charge is 2.39. The molecule has 110 valence electrons. The first-order valence-electron chi connectivity index (χ1n) is 6.91. The van der Waals surface area contributed by atoms with Crippen LogP contribution in [0.5, 0.6) is 0 Å². The number of nitrogens with zero attached hydrogens (tertiary/aromatic N) is 1. The van der Waals surface area contributed by atoms with E-state index in [4.69, 9.17) is 9.47 Å². The number of carbonyl (C=O) groups is 2. The van der Waals surface area contributed by atoms with Gasteiger partial charge in [0, 0.05) is 13.2 Å². The highest BCUT2D eigenvalue weighted by molar-refractivity contribution is 5.88. The molecule has 19 heavy (non-hydrogen) atoms. The van der Waals surface area contributed by atoms with Gasteiger partial charge in [0.05, 0.1) is 7.11 Å². The lowest BCUT2D eigenvalue weighted by molar-refractivity contribution is -0.161. The van der Waals surface area contributed by atoms with Gasteiger partial charge in [-0.1, -0.05) is 19.8 Å². The minimum atomic E-state index is -0.864. The summed E-state index contributed by atoms with van der Waals surface area (Å²) in [6.07, 6.45) is 4.68. The average molecular weight is 271 g/mol. The van der Waals surface area contributed by atoms with Crippen LogP contribution in [-0.2, 0) is 19.1 Å². The summed E-state index contributed by atoms with van der Waals surface area (Å²) in [4.78, 5) is 25.8. The molecule has 5 heteroatoms. The van der Waals surface area contributed by atoms with Gasteiger partial charge < -0.3 is 14.4 Å². The van der Waals surface area contributed by atoms with Crippen molar-refractivity contribution >= 4 is 11.9 Å². The van der Waals surface area contributed by atoms with Crippen LogP contribution in [0.2, 0.25) is 0 Å². The first-order valence-corrected chi connectivity index (χ1v) is 6.91. The van der Waals surface area contributed by atoms with Crippen LogP contribution in [-0.4, -0.2) is 49.2 Å². The predicted octanol–water partition coefficient (Wildman–Crippen LogP) is 1.75. The van der Waals surface area contributed by atoms with E-state index in [2.05, 4.69) is 0 Å². The largest absolute Gasteiger partial charge is 0.468 e. The number of rotatable bonds is 6. The molecule has 0 N–H and O–H groups in total. The van der Waals surface area contributed by atoms with E-state index in [0.29, 0.717) is 6.42 Å². The van der Waals surface area contributed by atoms with Crippen LogP contribution < -0.4 is 0 Å². The number of amides is 1. The third-order valence-electron chi connectivity index (χ3n) is 4.13. The van der Waals surface area contributed by atoms with Crippen molar-refractivity contribution < 1.29 is 19.1 Å². The Morgan fingerprint density at radius 2 is 1.84 bits per heavy atom. The van der Waals surface area contributed by atoms with Gasteiger partial charge in [-0.25, -0.2) is 0 Å². The normalized spacial score (nSPS) is 18.9. The smallest absolute Gasteiger partial charge is 0.325 e. The molecule has 1 atom stereocenters. The lowest BCUT2D eigenvalue weighted by Gasteiger charge is -2.35. The summed E-state index contributed by atoms with van der Waals surface area (Å²) in [5.74, 6) is -0.496. The van der Waals surface area contributed by atoms with E-state index in [-0.39, 0.29) is 24.5 Å². The molecule has 0 heterocycles. The highest BCUT2D eigenvalue weighted by atomic mass is 16.5. The number of ether oxygens (including phenoxy) is 2. The number of methoxy groups -OCH3 is 2. The molecule has 0 radical (unpaired) electrons. The van der Waals surface area contributed by atoms with Gasteiger partial charge in [0.15, 0.2) is 0 Å². The van der Waals surface area contributed by atoms with E-state index in [0.717, 1.165) is 25.7 Å². The predicted molar refractivity (Wildman–Crippen MR) is 71.7 cm³/mol. The number of carbonyl (C=O) groups excluding carboxylic acids is 2. The molecule has 0 aliphatic heterocycles. The second-order valence-corrected chi connectivity index (χ2v) is 5.24. The minimum absolute atomic E-state index is 0.0128. The van der Waals surface area contributed by atoms with Crippen LogP contribution in [0.15, 0.2) is 0 Å². The zero-order chi connectivity index (χ0) is 14.5. The zero-order valence-electron chi connectivity index (χ0n) is 12.4. The molecule has 0 aromatic heterocycles. The molecule has 0 spiro atoms. The fraction of sp³-hybridized carbons (Fsp3) is 0.857. The topological polar surface area (TPSA) is 55.8 Å². The van der Waals surface area contributed by atoms with E-state index >= 15 is 0 Å². The molecule has 1 fully saturated rings. The van der Waals surface area contributed by atoms with Crippen molar-refractivity contribution in [2.24, 2.45) is 0 Å². The highest BCUT2D eigenvalue weighted by Crippen LogP contribution is 2.27. The van der Waals surface area contributed by atoms with Gasteiger partial charge in [0.2, 0.25) is 0 Å². The maximum Gasteiger partial charge on any atom is 0.325 e. The van der Waals surface area contributed by atoms with Crippen molar-refractivity contribution in [3.8, 4) is 0 Å². The molecule has 1 amide bonds.